The van der Waals surface area contributed by atoms with E-state index < -0.39 is 17.8 Å². The molecule has 1 heterocycles. The van der Waals surface area contributed by atoms with E-state index in [9.17, 15) is 14.3 Å². The lowest BCUT2D eigenvalue weighted by Gasteiger charge is -2.32. The number of anilines is 1. The third kappa shape index (κ3) is 4.16. The Hall–Kier alpha value is -2.89. The molecule has 6 nitrogen and oxygen atoms in total. The molecule has 1 unspecified atom stereocenters. The van der Waals surface area contributed by atoms with E-state index in [2.05, 4.69) is 32.3 Å². The highest BCUT2D eigenvalue weighted by Gasteiger charge is 2.33. The maximum atomic E-state index is 13.7. The smallest absolute Gasteiger partial charge is 0.356 e. The minimum Gasteiger partial charge on any atom is -0.476 e. The van der Waals surface area contributed by atoms with Gasteiger partial charge < -0.3 is 15.0 Å². The number of nitriles is 1. The zero-order chi connectivity index (χ0) is 22.1. The van der Waals surface area contributed by atoms with Gasteiger partial charge in [0, 0.05) is 11.7 Å². The lowest BCUT2D eigenvalue weighted by atomic mass is 9.91. The quantitative estimate of drug-likeness (QED) is 0.435. The monoisotopic (exact) mass is 502 g/mol. The minimum absolute atomic E-state index is 0.0456. The molecule has 9 heteroatoms. The molecule has 1 aromatic heterocycles. The number of carbonyl (C=O) groups is 1. The van der Waals surface area contributed by atoms with E-state index in [0.29, 0.717) is 21.7 Å². The summed E-state index contributed by atoms with van der Waals surface area (Å²) in [4.78, 5) is 16.3. The van der Waals surface area contributed by atoms with Crippen molar-refractivity contribution in [2.45, 2.75) is 31.3 Å². The van der Waals surface area contributed by atoms with E-state index >= 15 is 0 Å². The van der Waals surface area contributed by atoms with Crippen molar-refractivity contribution in [2.24, 2.45) is 0 Å². The summed E-state index contributed by atoms with van der Waals surface area (Å²) in [6.07, 6.45) is 2.90. The van der Waals surface area contributed by atoms with Gasteiger partial charge in [-0.05, 0) is 71.1 Å². The van der Waals surface area contributed by atoms with Gasteiger partial charge in [-0.3, -0.25) is 0 Å². The second-order valence-corrected chi connectivity index (χ2v) is 8.43. The number of carboxylic acid groups (broad SMARTS) is 1. The van der Waals surface area contributed by atoms with Gasteiger partial charge in [-0.15, -0.1) is 0 Å². The number of nitrogens with one attached hydrogen (secondary N) is 1. The van der Waals surface area contributed by atoms with Crippen LogP contribution in [0.3, 0.4) is 0 Å². The second-order valence-electron chi connectivity index (χ2n) is 7.31. The van der Waals surface area contributed by atoms with Gasteiger partial charge in [0.15, 0.2) is 10.4 Å². The highest BCUT2D eigenvalue weighted by atomic mass is 79.9. The van der Waals surface area contributed by atoms with E-state index in [1.807, 2.05) is 4.57 Å². The third-order valence-corrected chi connectivity index (χ3v) is 6.27. The van der Waals surface area contributed by atoms with Crippen molar-refractivity contribution in [1.82, 2.24) is 9.55 Å². The molecule has 0 spiro atoms. The van der Waals surface area contributed by atoms with Gasteiger partial charge in [-0.1, -0.05) is 23.7 Å². The normalized spacial score (nSPS) is 14.5. The highest BCUT2D eigenvalue weighted by molar-refractivity contribution is 9.10. The molecular formula is C22H17BrClFN4O2. The number of hydrogen-bond acceptors (Lipinski definition) is 4. The molecule has 1 aliphatic rings. The number of rotatable bonds is 6. The lowest BCUT2D eigenvalue weighted by Crippen LogP contribution is -2.25. The van der Waals surface area contributed by atoms with Crippen LogP contribution in [0.1, 0.15) is 58.7 Å². The summed E-state index contributed by atoms with van der Waals surface area (Å²) in [7, 11) is 0. The van der Waals surface area contributed by atoms with Gasteiger partial charge in [0.2, 0.25) is 0 Å². The number of carboxylic acids is 1. The molecule has 3 aromatic rings. The number of benzene rings is 2. The third-order valence-electron chi connectivity index (χ3n) is 5.42. The molecule has 1 aliphatic carbocycles. The zero-order valence-corrected chi connectivity index (χ0v) is 18.5. The van der Waals surface area contributed by atoms with Gasteiger partial charge in [0.1, 0.15) is 5.82 Å². The predicted octanol–water partition coefficient (Wildman–Crippen LogP) is 5.93. The number of aromatic carboxylic acids is 1. The van der Waals surface area contributed by atoms with Crippen LogP contribution in [0.15, 0.2) is 47.2 Å². The van der Waals surface area contributed by atoms with Crippen LogP contribution in [0.5, 0.6) is 0 Å². The van der Waals surface area contributed by atoms with Crippen LogP contribution in [-0.4, -0.2) is 20.6 Å². The summed E-state index contributed by atoms with van der Waals surface area (Å²) < 4.78 is 16.0. The molecule has 1 saturated carbocycles. The topological polar surface area (TPSA) is 90.9 Å². The summed E-state index contributed by atoms with van der Waals surface area (Å²) in [6, 6.07) is 12.7. The van der Waals surface area contributed by atoms with Crippen molar-refractivity contribution in [3.63, 3.8) is 0 Å². The summed E-state index contributed by atoms with van der Waals surface area (Å²) in [5, 5.41) is 22.2. The van der Waals surface area contributed by atoms with Gasteiger partial charge in [0.05, 0.1) is 28.4 Å². The van der Waals surface area contributed by atoms with E-state index in [1.165, 1.54) is 18.2 Å². The Bertz CT molecular complexity index is 1190. The van der Waals surface area contributed by atoms with Crippen LogP contribution in [0.4, 0.5) is 10.1 Å². The highest BCUT2D eigenvalue weighted by Crippen LogP contribution is 2.40. The van der Waals surface area contributed by atoms with E-state index in [4.69, 9.17) is 16.9 Å². The average molecular weight is 504 g/mol. The number of hydrogen-bond donors (Lipinski definition) is 2. The Kier molecular flexibility index (Phi) is 5.99. The molecular weight excluding hydrogens is 487 g/mol. The van der Waals surface area contributed by atoms with Crippen molar-refractivity contribution in [2.75, 3.05) is 5.32 Å². The summed E-state index contributed by atoms with van der Waals surface area (Å²) in [5.41, 5.74) is 2.15. The van der Waals surface area contributed by atoms with Gasteiger partial charge in [-0.2, -0.15) is 5.26 Å². The first-order valence-electron chi connectivity index (χ1n) is 9.61. The van der Waals surface area contributed by atoms with Crippen LogP contribution < -0.4 is 5.32 Å². The SMILES string of the molecule is N#Cc1ccc(C(Nc2ccc(F)c(Cl)c2)c2c(C(=O)O)nc(Br)n2C2CCC2)cc1. The molecule has 158 valence electrons. The number of halogens is 3. The fraction of sp³-hybridized carbons (Fsp3) is 0.227. The molecule has 0 bridgehead atoms. The Morgan fingerprint density at radius 1 is 1.32 bits per heavy atom. The summed E-state index contributed by atoms with van der Waals surface area (Å²) in [5.74, 6) is -1.69. The maximum absolute atomic E-state index is 13.7. The Morgan fingerprint density at radius 3 is 2.58 bits per heavy atom. The number of imidazole rings is 1. The van der Waals surface area contributed by atoms with Crippen LogP contribution in [0.2, 0.25) is 5.02 Å². The van der Waals surface area contributed by atoms with Gasteiger partial charge in [-0.25, -0.2) is 14.2 Å². The van der Waals surface area contributed by atoms with Crippen molar-refractivity contribution in [3.05, 3.63) is 80.6 Å². The van der Waals surface area contributed by atoms with Gasteiger partial charge >= 0.3 is 5.97 Å². The van der Waals surface area contributed by atoms with E-state index in [1.54, 1.807) is 24.3 Å². The molecule has 31 heavy (non-hydrogen) atoms. The molecule has 1 fully saturated rings. The maximum Gasteiger partial charge on any atom is 0.356 e. The summed E-state index contributed by atoms with van der Waals surface area (Å²) in [6.45, 7) is 0. The first kappa shape index (κ1) is 21.3. The molecule has 1 atom stereocenters. The Morgan fingerprint density at radius 2 is 2.03 bits per heavy atom. The fourth-order valence-corrected chi connectivity index (χ4v) is 4.49. The number of nitrogens with zero attached hydrogens (tertiary/aromatic N) is 3. The molecule has 0 amide bonds. The molecule has 4 rings (SSSR count). The first-order chi connectivity index (χ1) is 14.9. The predicted molar refractivity (Wildman–Crippen MR) is 118 cm³/mol. The van der Waals surface area contributed by atoms with Crippen molar-refractivity contribution in [1.29, 1.82) is 5.26 Å². The molecule has 0 aliphatic heterocycles. The van der Waals surface area contributed by atoms with Crippen molar-refractivity contribution in [3.8, 4) is 6.07 Å². The standard InChI is InChI=1S/C22H17BrClFN4O2/c23-22-28-19(21(30)31)20(29(22)15-2-1-3-15)18(13-6-4-12(11-26)5-7-13)27-14-8-9-17(25)16(24)10-14/h4-10,15,18,27H,1-3H2,(H,30,31). The average Bonchev–Trinajstić information content (AvgIpc) is 3.05. The van der Waals surface area contributed by atoms with Gasteiger partial charge in [0.25, 0.3) is 0 Å². The zero-order valence-electron chi connectivity index (χ0n) is 16.1. The van der Waals surface area contributed by atoms with Crippen LogP contribution in [0, 0.1) is 17.1 Å². The Balaban J connectivity index is 1.88. The first-order valence-corrected chi connectivity index (χ1v) is 10.8. The summed E-state index contributed by atoms with van der Waals surface area (Å²) >= 11 is 9.39. The van der Waals surface area contributed by atoms with Crippen LogP contribution >= 0.6 is 27.5 Å². The van der Waals surface area contributed by atoms with Crippen LogP contribution in [0.25, 0.3) is 0 Å². The Labute approximate surface area is 191 Å². The van der Waals surface area contributed by atoms with Crippen molar-refractivity contribution < 1.29 is 14.3 Å². The van der Waals surface area contributed by atoms with E-state index in [-0.39, 0.29) is 16.8 Å². The number of aromatic nitrogens is 2. The van der Waals surface area contributed by atoms with Crippen LogP contribution in [-0.2, 0) is 0 Å². The molecule has 0 saturated heterocycles. The molecule has 2 N–H and O–H groups in total. The van der Waals surface area contributed by atoms with E-state index in [0.717, 1.165) is 24.8 Å². The largest absolute Gasteiger partial charge is 0.476 e. The molecule has 2 aromatic carbocycles. The second kappa shape index (κ2) is 8.69. The minimum atomic E-state index is -1.15. The lowest BCUT2D eigenvalue weighted by molar-refractivity contribution is 0.0689. The molecule has 0 radical (unpaired) electrons. The fourth-order valence-electron chi connectivity index (χ4n) is 3.65. The van der Waals surface area contributed by atoms with Crippen molar-refractivity contribution >= 4 is 39.2 Å².